The normalized spacial score (nSPS) is 10.3. The largest absolute Gasteiger partial charge is 0.475 e. The van der Waals surface area contributed by atoms with Crippen LogP contribution in [0.4, 0.5) is 5.69 Å². The van der Waals surface area contributed by atoms with Crippen LogP contribution in [0.15, 0.2) is 34.7 Å². The molecule has 0 atom stereocenters. The van der Waals surface area contributed by atoms with E-state index in [0.717, 1.165) is 11.3 Å². The summed E-state index contributed by atoms with van der Waals surface area (Å²) in [5.41, 5.74) is 1.87. The van der Waals surface area contributed by atoms with Crippen molar-refractivity contribution in [1.82, 2.24) is 0 Å². The molecule has 2 aromatic rings. The highest BCUT2D eigenvalue weighted by molar-refractivity contribution is 6.33. The lowest BCUT2D eigenvalue weighted by Gasteiger charge is -2.07. The fourth-order valence-electron chi connectivity index (χ4n) is 1.53. The highest BCUT2D eigenvalue weighted by atomic mass is 35.5. The van der Waals surface area contributed by atoms with Gasteiger partial charge in [0.25, 0.3) is 0 Å². The van der Waals surface area contributed by atoms with Gasteiger partial charge in [-0.3, -0.25) is 0 Å². The Morgan fingerprint density at radius 1 is 1.39 bits per heavy atom. The topological polar surface area (TPSA) is 62.5 Å². The molecule has 2 rings (SSSR count). The Hall–Kier alpha value is -1.94. The van der Waals surface area contributed by atoms with Crippen LogP contribution in [0.5, 0.6) is 0 Å². The number of carbonyl (C=O) groups is 1. The van der Waals surface area contributed by atoms with Crippen LogP contribution in [0.2, 0.25) is 5.02 Å². The average Bonchev–Trinajstić information content (AvgIpc) is 2.76. The van der Waals surface area contributed by atoms with E-state index in [1.54, 1.807) is 6.07 Å². The summed E-state index contributed by atoms with van der Waals surface area (Å²) < 4.78 is 5.13. The first-order valence-electron chi connectivity index (χ1n) is 5.38. The lowest BCUT2D eigenvalue weighted by Crippen LogP contribution is -1.99. The van der Waals surface area contributed by atoms with Crippen molar-refractivity contribution in [3.8, 4) is 0 Å². The molecule has 0 unspecified atom stereocenters. The molecule has 94 valence electrons. The van der Waals surface area contributed by atoms with Gasteiger partial charge in [0.1, 0.15) is 5.76 Å². The van der Waals surface area contributed by atoms with Gasteiger partial charge < -0.3 is 14.8 Å². The van der Waals surface area contributed by atoms with Crippen molar-refractivity contribution < 1.29 is 14.3 Å². The summed E-state index contributed by atoms with van der Waals surface area (Å²) in [5.74, 6) is -0.597. The Labute approximate surface area is 109 Å². The zero-order chi connectivity index (χ0) is 13.1. The quantitative estimate of drug-likeness (QED) is 0.887. The highest BCUT2D eigenvalue weighted by Crippen LogP contribution is 2.23. The zero-order valence-corrected chi connectivity index (χ0v) is 10.5. The predicted molar refractivity (Wildman–Crippen MR) is 69.2 cm³/mol. The first-order valence-corrected chi connectivity index (χ1v) is 5.76. The highest BCUT2D eigenvalue weighted by Gasteiger charge is 2.09. The van der Waals surface area contributed by atoms with Crippen molar-refractivity contribution in [2.24, 2.45) is 0 Å². The third kappa shape index (κ3) is 2.84. The molecule has 0 saturated carbocycles. The maximum atomic E-state index is 10.6. The molecule has 0 bridgehead atoms. The average molecular weight is 266 g/mol. The molecule has 0 aliphatic heterocycles. The molecule has 0 fully saturated rings. The van der Waals surface area contributed by atoms with Gasteiger partial charge >= 0.3 is 5.97 Å². The number of hydrogen-bond donors (Lipinski definition) is 2. The second-order valence-electron chi connectivity index (χ2n) is 3.91. The summed E-state index contributed by atoms with van der Waals surface area (Å²) in [4.78, 5) is 10.6. The molecule has 1 aromatic heterocycles. The molecule has 4 nitrogen and oxygen atoms in total. The number of nitrogens with one attached hydrogen (secondary N) is 1. The van der Waals surface area contributed by atoms with Gasteiger partial charge in [0.15, 0.2) is 0 Å². The number of anilines is 1. The molecular formula is C13H12ClNO3. The second kappa shape index (κ2) is 5.14. The van der Waals surface area contributed by atoms with Crippen LogP contribution in [0.1, 0.15) is 21.9 Å². The number of benzene rings is 1. The van der Waals surface area contributed by atoms with Gasteiger partial charge in [-0.25, -0.2) is 4.79 Å². The van der Waals surface area contributed by atoms with E-state index in [9.17, 15) is 4.79 Å². The predicted octanol–water partition coefficient (Wildman–Crippen LogP) is 3.55. The van der Waals surface area contributed by atoms with E-state index in [2.05, 4.69) is 5.32 Å². The third-order valence-corrected chi connectivity index (χ3v) is 2.76. The Morgan fingerprint density at radius 3 is 2.78 bits per heavy atom. The number of aryl methyl sites for hydroxylation is 1. The lowest BCUT2D eigenvalue weighted by molar-refractivity contribution is 0.0660. The fourth-order valence-corrected chi connectivity index (χ4v) is 1.84. The van der Waals surface area contributed by atoms with Crippen LogP contribution in [0.3, 0.4) is 0 Å². The summed E-state index contributed by atoms with van der Waals surface area (Å²) in [6.07, 6.45) is 0. The zero-order valence-electron chi connectivity index (χ0n) is 9.74. The van der Waals surface area contributed by atoms with Crippen molar-refractivity contribution in [3.63, 3.8) is 0 Å². The number of halogens is 1. The molecule has 0 spiro atoms. The minimum Gasteiger partial charge on any atom is -0.475 e. The van der Waals surface area contributed by atoms with Crippen molar-refractivity contribution in [1.29, 1.82) is 0 Å². The van der Waals surface area contributed by atoms with Crippen LogP contribution < -0.4 is 5.32 Å². The SMILES string of the molecule is Cc1ccc(NCc2ccc(C(=O)O)o2)c(Cl)c1. The van der Waals surface area contributed by atoms with E-state index in [4.69, 9.17) is 21.1 Å². The van der Waals surface area contributed by atoms with Gasteiger partial charge in [0.2, 0.25) is 5.76 Å². The summed E-state index contributed by atoms with van der Waals surface area (Å²) in [7, 11) is 0. The van der Waals surface area contributed by atoms with Gasteiger partial charge in [-0.1, -0.05) is 17.7 Å². The van der Waals surface area contributed by atoms with Crippen molar-refractivity contribution in [2.45, 2.75) is 13.5 Å². The van der Waals surface area contributed by atoms with Crippen molar-refractivity contribution in [3.05, 3.63) is 52.4 Å². The standard InChI is InChI=1S/C13H12ClNO3/c1-8-2-4-11(10(14)6-8)15-7-9-3-5-12(18-9)13(16)17/h2-6,15H,7H2,1H3,(H,16,17). The molecule has 0 radical (unpaired) electrons. The first kappa shape index (κ1) is 12.5. The smallest absolute Gasteiger partial charge is 0.371 e. The minimum absolute atomic E-state index is 0.0678. The lowest BCUT2D eigenvalue weighted by atomic mass is 10.2. The summed E-state index contributed by atoms with van der Waals surface area (Å²) in [5, 5.41) is 12.4. The van der Waals surface area contributed by atoms with E-state index in [1.165, 1.54) is 6.07 Å². The second-order valence-corrected chi connectivity index (χ2v) is 4.32. The molecule has 1 aromatic carbocycles. The van der Waals surface area contributed by atoms with Crippen molar-refractivity contribution in [2.75, 3.05) is 5.32 Å². The minimum atomic E-state index is -1.07. The Morgan fingerprint density at radius 2 is 2.17 bits per heavy atom. The van der Waals surface area contributed by atoms with Gasteiger partial charge in [-0.15, -0.1) is 0 Å². The molecular weight excluding hydrogens is 254 g/mol. The van der Waals surface area contributed by atoms with Crippen LogP contribution in [-0.4, -0.2) is 11.1 Å². The van der Waals surface area contributed by atoms with E-state index in [-0.39, 0.29) is 5.76 Å². The number of hydrogen-bond acceptors (Lipinski definition) is 3. The maximum absolute atomic E-state index is 10.6. The van der Waals surface area contributed by atoms with Crippen molar-refractivity contribution >= 4 is 23.3 Å². The molecule has 0 amide bonds. The number of furan rings is 1. The molecule has 2 N–H and O–H groups in total. The van der Waals surface area contributed by atoms with Gasteiger partial charge in [0.05, 0.1) is 17.3 Å². The fraction of sp³-hybridized carbons (Fsp3) is 0.154. The third-order valence-electron chi connectivity index (χ3n) is 2.45. The van der Waals surface area contributed by atoms with Crippen LogP contribution in [-0.2, 0) is 6.54 Å². The van der Waals surface area contributed by atoms with Gasteiger partial charge in [-0.05, 0) is 36.8 Å². The van der Waals surface area contributed by atoms with Crippen LogP contribution in [0, 0.1) is 6.92 Å². The Bertz CT molecular complexity index is 577. The number of aromatic carboxylic acids is 1. The van der Waals surface area contributed by atoms with E-state index < -0.39 is 5.97 Å². The number of rotatable bonds is 4. The van der Waals surface area contributed by atoms with Gasteiger partial charge in [0, 0.05) is 0 Å². The molecule has 18 heavy (non-hydrogen) atoms. The molecule has 0 aliphatic carbocycles. The van der Waals surface area contributed by atoms with Gasteiger partial charge in [-0.2, -0.15) is 0 Å². The summed E-state index contributed by atoms with van der Waals surface area (Å²) in [6, 6.07) is 8.72. The number of carboxylic acid groups (broad SMARTS) is 1. The molecule has 0 saturated heterocycles. The Balaban J connectivity index is 2.04. The van der Waals surface area contributed by atoms with E-state index in [1.807, 2.05) is 25.1 Å². The number of carboxylic acids is 1. The van der Waals surface area contributed by atoms with Crippen LogP contribution in [0.25, 0.3) is 0 Å². The Kier molecular flexibility index (Phi) is 3.58. The van der Waals surface area contributed by atoms with Crippen LogP contribution >= 0.6 is 11.6 Å². The molecule has 0 aliphatic rings. The van der Waals surface area contributed by atoms with E-state index in [0.29, 0.717) is 17.3 Å². The van der Waals surface area contributed by atoms with E-state index >= 15 is 0 Å². The summed E-state index contributed by atoms with van der Waals surface area (Å²) >= 11 is 6.06. The summed E-state index contributed by atoms with van der Waals surface area (Å²) in [6.45, 7) is 2.34. The first-order chi connectivity index (χ1) is 8.56. The maximum Gasteiger partial charge on any atom is 0.371 e. The molecule has 5 heteroatoms. The molecule has 1 heterocycles. The monoisotopic (exact) mass is 265 g/mol.